The summed E-state index contributed by atoms with van der Waals surface area (Å²) in [4.78, 5) is 18.3. The van der Waals surface area contributed by atoms with Crippen LogP contribution in [0.2, 0.25) is 0 Å². The molecule has 0 bridgehead atoms. The van der Waals surface area contributed by atoms with Gasteiger partial charge < -0.3 is 10.3 Å². The first kappa shape index (κ1) is 14.2. The van der Waals surface area contributed by atoms with Gasteiger partial charge in [0.2, 0.25) is 0 Å². The number of nitrogens with one attached hydrogen (secondary N) is 2. The van der Waals surface area contributed by atoms with Crippen LogP contribution in [0.4, 0.5) is 14.6 Å². The van der Waals surface area contributed by atoms with Crippen LogP contribution in [0.15, 0.2) is 29.1 Å². The van der Waals surface area contributed by atoms with E-state index in [1.807, 2.05) is 13.8 Å². The van der Waals surface area contributed by atoms with Crippen molar-refractivity contribution in [1.29, 1.82) is 0 Å². The number of aromatic amines is 1. The number of benzene rings is 1. The van der Waals surface area contributed by atoms with E-state index in [0.717, 1.165) is 6.07 Å². The summed E-state index contributed by atoms with van der Waals surface area (Å²) < 4.78 is 26.3. The highest BCUT2D eigenvalue weighted by atomic mass is 19.1. The van der Waals surface area contributed by atoms with Crippen molar-refractivity contribution < 1.29 is 8.78 Å². The SMILES string of the molecule is CC(C)c1nc(NCc2ccc(F)cc2F)cc(=O)[nH]1. The van der Waals surface area contributed by atoms with Gasteiger partial charge >= 0.3 is 0 Å². The largest absolute Gasteiger partial charge is 0.366 e. The van der Waals surface area contributed by atoms with Crippen LogP contribution in [-0.4, -0.2) is 9.97 Å². The zero-order chi connectivity index (χ0) is 14.7. The lowest BCUT2D eigenvalue weighted by atomic mass is 10.2. The maximum absolute atomic E-state index is 13.5. The molecule has 0 radical (unpaired) electrons. The zero-order valence-electron chi connectivity index (χ0n) is 11.2. The molecule has 0 saturated heterocycles. The molecule has 2 aromatic rings. The van der Waals surface area contributed by atoms with Gasteiger partial charge in [-0.2, -0.15) is 0 Å². The molecule has 0 aliphatic rings. The molecule has 4 nitrogen and oxygen atoms in total. The Morgan fingerprint density at radius 1 is 1.30 bits per heavy atom. The minimum Gasteiger partial charge on any atom is -0.366 e. The Morgan fingerprint density at radius 3 is 2.70 bits per heavy atom. The third kappa shape index (κ3) is 3.40. The van der Waals surface area contributed by atoms with Gasteiger partial charge in [-0.05, 0) is 6.07 Å². The molecule has 0 spiro atoms. The second-order valence-electron chi connectivity index (χ2n) is 4.76. The van der Waals surface area contributed by atoms with Crippen molar-refractivity contribution in [2.45, 2.75) is 26.3 Å². The Kier molecular flexibility index (Phi) is 4.12. The fourth-order valence-corrected chi connectivity index (χ4v) is 1.69. The van der Waals surface area contributed by atoms with Crippen molar-refractivity contribution in [3.05, 3.63) is 57.6 Å². The fraction of sp³-hybridized carbons (Fsp3) is 0.286. The third-order valence-electron chi connectivity index (χ3n) is 2.78. The lowest BCUT2D eigenvalue weighted by Gasteiger charge is -2.09. The second-order valence-corrected chi connectivity index (χ2v) is 4.76. The molecule has 1 aromatic heterocycles. The summed E-state index contributed by atoms with van der Waals surface area (Å²) in [5, 5.41) is 2.86. The van der Waals surface area contributed by atoms with Gasteiger partial charge in [-0.25, -0.2) is 13.8 Å². The maximum Gasteiger partial charge on any atom is 0.252 e. The molecule has 0 saturated carbocycles. The molecule has 106 valence electrons. The van der Waals surface area contributed by atoms with Gasteiger partial charge in [0.15, 0.2) is 0 Å². The van der Waals surface area contributed by atoms with Crippen LogP contribution in [0.25, 0.3) is 0 Å². The molecule has 0 aliphatic heterocycles. The molecule has 0 fully saturated rings. The number of rotatable bonds is 4. The maximum atomic E-state index is 13.5. The number of hydrogen-bond acceptors (Lipinski definition) is 3. The summed E-state index contributed by atoms with van der Waals surface area (Å²) in [5.41, 5.74) is 0.0327. The minimum atomic E-state index is -0.633. The van der Waals surface area contributed by atoms with Crippen molar-refractivity contribution in [2.75, 3.05) is 5.32 Å². The quantitative estimate of drug-likeness (QED) is 0.904. The van der Waals surface area contributed by atoms with Crippen molar-refractivity contribution in [3.63, 3.8) is 0 Å². The Morgan fingerprint density at radius 2 is 2.05 bits per heavy atom. The first-order valence-corrected chi connectivity index (χ1v) is 6.25. The molecular formula is C14H15F2N3O. The highest BCUT2D eigenvalue weighted by molar-refractivity contribution is 5.35. The minimum absolute atomic E-state index is 0.0759. The number of anilines is 1. The monoisotopic (exact) mass is 279 g/mol. The Hall–Kier alpha value is -2.24. The number of halogens is 2. The van der Waals surface area contributed by atoms with Crippen molar-refractivity contribution >= 4 is 5.82 Å². The average molecular weight is 279 g/mol. The summed E-state index contributed by atoms with van der Waals surface area (Å²) in [5.74, 6) is -0.262. The number of aromatic nitrogens is 2. The molecule has 0 unspecified atom stereocenters. The van der Waals surface area contributed by atoms with Crippen molar-refractivity contribution in [3.8, 4) is 0 Å². The molecule has 0 atom stereocenters. The lowest BCUT2D eigenvalue weighted by molar-refractivity contribution is 0.574. The molecule has 0 amide bonds. The van der Waals surface area contributed by atoms with Gasteiger partial charge in [0, 0.05) is 30.2 Å². The first-order chi connectivity index (χ1) is 9.45. The topological polar surface area (TPSA) is 57.8 Å². The molecule has 2 N–H and O–H groups in total. The molecular weight excluding hydrogens is 264 g/mol. The van der Waals surface area contributed by atoms with Crippen molar-refractivity contribution in [1.82, 2.24) is 9.97 Å². The Labute approximate surface area is 114 Å². The zero-order valence-corrected chi connectivity index (χ0v) is 11.2. The molecule has 1 heterocycles. The highest BCUT2D eigenvalue weighted by Crippen LogP contribution is 2.13. The Bertz CT molecular complexity index is 668. The van der Waals surface area contributed by atoms with E-state index < -0.39 is 11.6 Å². The van der Waals surface area contributed by atoms with E-state index >= 15 is 0 Å². The van der Waals surface area contributed by atoms with Gasteiger partial charge in [-0.15, -0.1) is 0 Å². The standard InChI is InChI=1S/C14H15F2N3O/c1-8(2)14-18-12(6-13(20)19-14)17-7-9-3-4-10(15)5-11(9)16/h3-6,8H,7H2,1-2H3,(H2,17,18,19,20). The van der Waals surface area contributed by atoms with E-state index in [4.69, 9.17) is 0 Å². The summed E-state index contributed by atoms with van der Waals surface area (Å²) in [6, 6.07) is 4.66. The van der Waals surface area contributed by atoms with Crippen LogP contribution in [0.1, 0.15) is 31.2 Å². The summed E-state index contributed by atoms with van der Waals surface area (Å²) in [6.07, 6.45) is 0. The summed E-state index contributed by atoms with van der Waals surface area (Å²) in [7, 11) is 0. The molecule has 6 heteroatoms. The predicted molar refractivity (Wildman–Crippen MR) is 72.6 cm³/mol. The molecule has 2 rings (SSSR count). The average Bonchev–Trinajstić information content (AvgIpc) is 2.37. The van der Waals surface area contributed by atoms with Gasteiger partial charge in [0.25, 0.3) is 5.56 Å². The molecule has 0 aliphatic carbocycles. The first-order valence-electron chi connectivity index (χ1n) is 6.25. The van der Waals surface area contributed by atoms with Crippen molar-refractivity contribution in [2.24, 2.45) is 0 Å². The van der Waals surface area contributed by atoms with Gasteiger partial charge in [0.05, 0.1) is 0 Å². The van der Waals surface area contributed by atoms with E-state index in [9.17, 15) is 13.6 Å². The molecule has 20 heavy (non-hydrogen) atoms. The molecule has 1 aromatic carbocycles. The third-order valence-corrected chi connectivity index (χ3v) is 2.78. The van der Waals surface area contributed by atoms with Crippen LogP contribution in [0.5, 0.6) is 0 Å². The van der Waals surface area contributed by atoms with Crippen LogP contribution in [0.3, 0.4) is 0 Å². The van der Waals surface area contributed by atoms with E-state index in [0.29, 0.717) is 17.2 Å². The van der Waals surface area contributed by atoms with Gasteiger partial charge in [0.1, 0.15) is 23.3 Å². The van der Waals surface area contributed by atoms with Crippen LogP contribution < -0.4 is 10.9 Å². The Balaban J connectivity index is 2.16. The second kappa shape index (κ2) is 5.81. The predicted octanol–water partition coefficient (Wildman–Crippen LogP) is 2.78. The van der Waals surface area contributed by atoms with E-state index in [-0.39, 0.29) is 18.0 Å². The van der Waals surface area contributed by atoms with Gasteiger partial charge in [-0.1, -0.05) is 19.9 Å². The van der Waals surface area contributed by atoms with Gasteiger partial charge in [-0.3, -0.25) is 4.79 Å². The highest BCUT2D eigenvalue weighted by Gasteiger charge is 2.07. The number of hydrogen-bond donors (Lipinski definition) is 2. The normalized spacial score (nSPS) is 10.8. The smallest absolute Gasteiger partial charge is 0.252 e. The van der Waals surface area contributed by atoms with E-state index in [2.05, 4.69) is 15.3 Å². The van der Waals surface area contributed by atoms with E-state index in [1.54, 1.807) is 0 Å². The number of H-pyrrole nitrogens is 1. The van der Waals surface area contributed by atoms with Crippen LogP contribution >= 0.6 is 0 Å². The summed E-state index contributed by atoms with van der Waals surface area (Å²) in [6.45, 7) is 3.93. The fourth-order valence-electron chi connectivity index (χ4n) is 1.69. The van der Waals surface area contributed by atoms with Crippen LogP contribution in [0, 0.1) is 11.6 Å². The number of nitrogens with zero attached hydrogens (tertiary/aromatic N) is 1. The summed E-state index contributed by atoms with van der Waals surface area (Å²) >= 11 is 0. The van der Waals surface area contributed by atoms with Crippen LogP contribution in [-0.2, 0) is 6.54 Å². The lowest BCUT2D eigenvalue weighted by Crippen LogP contribution is -2.14. The van der Waals surface area contributed by atoms with E-state index in [1.165, 1.54) is 18.2 Å².